The topological polar surface area (TPSA) is 17.1 Å². The van der Waals surface area contributed by atoms with Crippen molar-refractivity contribution in [3.8, 4) is 22.3 Å². The lowest BCUT2D eigenvalue weighted by Gasteiger charge is -2.11. The van der Waals surface area contributed by atoms with Crippen molar-refractivity contribution in [2.45, 2.75) is 6.92 Å². The molecule has 0 fully saturated rings. The van der Waals surface area contributed by atoms with E-state index < -0.39 is 0 Å². The molecule has 4 aromatic carbocycles. The van der Waals surface area contributed by atoms with Gasteiger partial charge in [0.1, 0.15) is 0 Å². The lowest BCUT2D eigenvalue weighted by atomic mass is 9.93. The zero-order valence-electron chi connectivity index (χ0n) is 15.2. The van der Waals surface area contributed by atoms with Crippen molar-refractivity contribution < 1.29 is 4.79 Å². The van der Waals surface area contributed by atoms with Crippen LogP contribution in [0.15, 0.2) is 103 Å². The minimum atomic E-state index is 0.0497. The molecule has 0 N–H and O–H groups in total. The molecule has 1 nitrogen and oxygen atoms in total. The Labute approximate surface area is 159 Å². The number of ketones is 1. The van der Waals surface area contributed by atoms with E-state index in [0.717, 1.165) is 33.4 Å². The summed E-state index contributed by atoms with van der Waals surface area (Å²) in [4.78, 5) is 13.2. The van der Waals surface area contributed by atoms with E-state index in [1.807, 2.05) is 79.7 Å². The summed E-state index contributed by atoms with van der Waals surface area (Å²) in [5.41, 5.74) is 6.83. The number of aryl methyl sites for hydroxylation is 1. The zero-order chi connectivity index (χ0) is 18.6. The van der Waals surface area contributed by atoms with E-state index in [-0.39, 0.29) is 5.78 Å². The van der Waals surface area contributed by atoms with Crippen LogP contribution < -0.4 is 0 Å². The standard InChI is InChI=1S/C26H20O/c1-19-9-8-14-22(15-19)26(27)25-17-23(20-10-4-2-5-11-20)16-24(18-25)21-12-6-3-7-13-21/h2-18H,1H3. The molecule has 27 heavy (non-hydrogen) atoms. The molecule has 0 atom stereocenters. The zero-order valence-corrected chi connectivity index (χ0v) is 15.2. The first-order chi connectivity index (χ1) is 13.2. The van der Waals surface area contributed by atoms with Crippen LogP contribution in [0.5, 0.6) is 0 Å². The highest BCUT2D eigenvalue weighted by molar-refractivity contribution is 6.10. The van der Waals surface area contributed by atoms with Crippen LogP contribution in [0.4, 0.5) is 0 Å². The van der Waals surface area contributed by atoms with Gasteiger partial charge in [-0.05, 0) is 53.4 Å². The lowest BCUT2D eigenvalue weighted by Crippen LogP contribution is -2.02. The average molecular weight is 348 g/mol. The summed E-state index contributed by atoms with van der Waals surface area (Å²) >= 11 is 0. The quantitative estimate of drug-likeness (QED) is 0.382. The summed E-state index contributed by atoms with van der Waals surface area (Å²) in [6.45, 7) is 2.01. The molecule has 0 bridgehead atoms. The van der Waals surface area contributed by atoms with Gasteiger partial charge in [-0.1, -0.05) is 84.4 Å². The number of carbonyl (C=O) groups is 1. The Hall–Kier alpha value is -3.45. The Morgan fingerprint density at radius 3 is 1.59 bits per heavy atom. The van der Waals surface area contributed by atoms with Gasteiger partial charge in [0, 0.05) is 11.1 Å². The molecule has 0 aliphatic carbocycles. The Balaban J connectivity index is 1.87. The normalized spacial score (nSPS) is 10.6. The van der Waals surface area contributed by atoms with Gasteiger partial charge >= 0.3 is 0 Å². The fourth-order valence-electron chi connectivity index (χ4n) is 3.31. The second-order valence-electron chi connectivity index (χ2n) is 6.73. The highest BCUT2D eigenvalue weighted by Crippen LogP contribution is 2.29. The first kappa shape index (κ1) is 17.0. The van der Waals surface area contributed by atoms with Crippen LogP contribution in [-0.4, -0.2) is 5.78 Å². The molecule has 0 unspecified atom stereocenters. The van der Waals surface area contributed by atoms with Gasteiger partial charge < -0.3 is 0 Å². The van der Waals surface area contributed by atoms with Crippen molar-refractivity contribution in [1.29, 1.82) is 0 Å². The van der Waals surface area contributed by atoms with E-state index in [2.05, 4.69) is 30.3 Å². The number of carbonyl (C=O) groups excluding carboxylic acids is 1. The van der Waals surface area contributed by atoms with Crippen LogP contribution >= 0.6 is 0 Å². The Bertz CT molecular complexity index is 1020. The molecule has 4 rings (SSSR count). The first-order valence-corrected chi connectivity index (χ1v) is 9.08. The van der Waals surface area contributed by atoms with E-state index >= 15 is 0 Å². The molecule has 0 amide bonds. The molecular formula is C26H20O. The maximum Gasteiger partial charge on any atom is 0.193 e. The second-order valence-corrected chi connectivity index (χ2v) is 6.73. The fraction of sp³-hybridized carbons (Fsp3) is 0.0385. The molecule has 0 heterocycles. The van der Waals surface area contributed by atoms with Crippen molar-refractivity contribution >= 4 is 5.78 Å². The summed E-state index contributed by atoms with van der Waals surface area (Å²) in [5, 5.41) is 0. The molecule has 0 radical (unpaired) electrons. The van der Waals surface area contributed by atoms with Crippen LogP contribution in [0.1, 0.15) is 21.5 Å². The van der Waals surface area contributed by atoms with Crippen molar-refractivity contribution in [3.05, 3.63) is 120 Å². The third kappa shape index (κ3) is 3.73. The molecule has 4 aromatic rings. The second kappa shape index (κ2) is 7.43. The summed E-state index contributed by atoms with van der Waals surface area (Å²) in [6, 6.07) is 34.3. The maximum atomic E-state index is 13.2. The van der Waals surface area contributed by atoms with Gasteiger partial charge in [0.15, 0.2) is 5.78 Å². The summed E-state index contributed by atoms with van der Waals surface area (Å²) in [7, 11) is 0. The molecule has 0 spiro atoms. The van der Waals surface area contributed by atoms with Crippen molar-refractivity contribution in [3.63, 3.8) is 0 Å². The Morgan fingerprint density at radius 1 is 0.519 bits per heavy atom. The van der Waals surface area contributed by atoms with Crippen molar-refractivity contribution in [1.82, 2.24) is 0 Å². The van der Waals surface area contributed by atoms with E-state index in [1.54, 1.807) is 0 Å². The van der Waals surface area contributed by atoms with Gasteiger partial charge in [-0.3, -0.25) is 4.79 Å². The van der Waals surface area contributed by atoms with Crippen LogP contribution in [0.25, 0.3) is 22.3 Å². The summed E-state index contributed by atoms with van der Waals surface area (Å²) in [6.07, 6.45) is 0. The van der Waals surface area contributed by atoms with Crippen LogP contribution in [0.2, 0.25) is 0 Å². The van der Waals surface area contributed by atoms with Gasteiger partial charge in [-0.2, -0.15) is 0 Å². The molecule has 1 heteroatoms. The number of hydrogen-bond acceptors (Lipinski definition) is 1. The molecule has 0 aliphatic heterocycles. The number of hydrogen-bond donors (Lipinski definition) is 0. The monoisotopic (exact) mass is 348 g/mol. The van der Waals surface area contributed by atoms with Crippen molar-refractivity contribution in [2.24, 2.45) is 0 Å². The number of rotatable bonds is 4. The van der Waals surface area contributed by atoms with Crippen LogP contribution in [0.3, 0.4) is 0 Å². The summed E-state index contributed by atoms with van der Waals surface area (Å²) < 4.78 is 0. The minimum Gasteiger partial charge on any atom is -0.289 e. The third-order valence-corrected chi connectivity index (χ3v) is 4.69. The fourth-order valence-corrected chi connectivity index (χ4v) is 3.31. The SMILES string of the molecule is Cc1cccc(C(=O)c2cc(-c3ccccc3)cc(-c3ccccc3)c2)c1. The van der Waals surface area contributed by atoms with Crippen LogP contribution in [-0.2, 0) is 0 Å². The van der Waals surface area contributed by atoms with Gasteiger partial charge in [0.2, 0.25) is 0 Å². The van der Waals surface area contributed by atoms with Gasteiger partial charge in [0.25, 0.3) is 0 Å². The van der Waals surface area contributed by atoms with E-state index in [4.69, 9.17) is 0 Å². The smallest absolute Gasteiger partial charge is 0.193 e. The van der Waals surface area contributed by atoms with Crippen LogP contribution in [0, 0.1) is 6.92 Å². The van der Waals surface area contributed by atoms with E-state index in [9.17, 15) is 4.79 Å². The van der Waals surface area contributed by atoms with Gasteiger partial charge in [-0.15, -0.1) is 0 Å². The Kier molecular flexibility index (Phi) is 4.67. The largest absolute Gasteiger partial charge is 0.289 e. The predicted octanol–water partition coefficient (Wildman–Crippen LogP) is 6.56. The molecule has 0 saturated carbocycles. The molecule has 0 saturated heterocycles. The van der Waals surface area contributed by atoms with Gasteiger partial charge in [0.05, 0.1) is 0 Å². The van der Waals surface area contributed by atoms with E-state index in [0.29, 0.717) is 5.56 Å². The molecule has 0 aliphatic rings. The Morgan fingerprint density at radius 2 is 1.07 bits per heavy atom. The highest BCUT2D eigenvalue weighted by atomic mass is 16.1. The minimum absolute atomic E-state index is 0.0497. The highest BCUT2D eigenvalue weighted by Gasteiger charge is 2.13. The van der Waals surface area contributed by atoms with E-state index in [1.165, 1.54) is 0 Å². The molecular weight excluding hydrogens is 328 g/mol. The first-order valence-electron chi connectivity index (χ1n) is 9.08. The predicted molar refractivity (Wildman–Crippen MR) is 112 cm³/mol. The summed E-state index contributed by atoms with van der Waals surface area (Å²) in [5.74, 6) is 0.0497. The maximum absolute atomic E-state index is 13.2. The number of benzene rings is 4. The molecule has 130 valence electrons. The van der Waals surface area contributed by atoms with Crippen molar-refractivity contribution in [2.75, 3.05) is 0 Å². The third-order valence-electron chi connectivity index (χ3n) is 4.69. The lowest BCUT2D eigenvalue weighted by molar-refractivity contribution is 0.103. The van der Waals surface area contributed by atoms with Gasteiger partial charge in [-0.25, -0.2) is 0 Å². The molecule has 0 aromatic heterocycles. The average Bonchev–Trinajstić information content (AvgIpc) is 2.74.